The van der Waals surface area contributed by atoms with E-state index < -0.39 is 3.23 Å². The summed E-state index contributed by atoms with van der Waals surface area (Å²) in [4.78, 5) is 0. The Hall–Kier alpha value is -0.740. The fourth-order valence-corrected chi connectivity index (χ4v) is 3.30. The average Bonchev–Trinajstić information content (AvgIpc) is 2.29. The third kappa shape index (κ3) is 2.50. The Labute approximate surface area is 124 Å². The van der Waals surface area contributed by atoms with Crippen LogP contribution in [-0.4, -0.2) is 3.23 Å². The van der Waals surface area contributed by atoms with Crippen LogP contribution in [0.4, 0.5) is 5.69 Å². The number of hydrogen-bond acceptors (Lipinski definition) is 2. The lowest BCUT2D eigenvalue weighted by molar-refractivity contribution is 1.01. The van der Waals surface area contributed by atoms with Crippen LogP contribution >= 0.6 is 31.9 Å². The number of allylic oxidation sites excluding steroid dienone is 3. The van der Waals surface area contributed by atoms with E-state index in [2.05, 4.69) is 57.0 Å². The number of nitrogen functional groups attached to an aromatic ring is 1. The fourth-order valence-electron chi connectivity index (χ4n) is 2.07. The monoisotopic (exact) mass is 370 g/mol. The number of alkyl halides is 2. The molecule has 0 unspecified atom stereocenters. The maximum absolute atomic E-state index is 6.07. The van der Waals surface area contributed by atoms with Crippen LogP contribution in [0.15, 0.2) is 35.5 Å². The van der Waals surface area contributed by atoms with E-state index in [1.54, 1.807) is 0 Å². The Balaban J connectivity index is 2.44. The predicted octanol–water partition coefficient (Wildman–Crippen LogP) is 4.08. The highest BCUT2D eigenvalue weighted by Crippen LogP contribution is 2.43. The van der Waals surface area contributed by atoms with Gasteiger partial charge in [-0.3, -0.25) is 0 Å². The van der Waals surface area contributed by atoms with Gasteiger partial charge in [-0.25, -0.2) is 0 Å². The summed E-state index contributed by atoms with van der Waals surface area (Å²) < 4.78 is -0.438. The molecule has 0 bridgehead atoms. The number of aryl methyl sites for hydroxylation is 1. The largest absolute Gasteiger partial charge is 0.400 e. The van der Waals surface area contributed by atoms with E-state index in [4.69, 9.17) is 11.5 Å². The minimum atomic E-state index is -0.438. The molecule has 0 atom stereocenters. The molecule has 96 valence electrons. The third-order valence-electron chi connectivity index (χ3n) is 3.27. The number of hydrogen-bond donors (Lipinski definition) is 2. The van der Waals surface area contributed by atoms with Crippen LogP contribution in [0.2, 0.25) is 0 Å². The van der Waals surface area contributed by atoms with Crippen molar-refractivity contribution in [1.29, 1.82) is 0 Å². The van der Waals surface area contributed by atoms with Gasteiger partial charge in [-0.2, -0.15) is 0 Å². The summed E-state index contributed by atoms with van der Waals surface area (Å²) in [5, 5.41) is 0. The number of nitrogens with two attached hydrogens (primary N) is 2. The molecule has 2 rings (SSSR count). The lowest BCUT2D eigenvalue weighted by atomic mass is 9.91. The number of anilines is 1. The van der Waals surface area contributed by atoms with E-state index >= 15 is 0 Å². The molecule has 0 radical (unpaired) electrons. The SMILES string of the molecule is CC1=C(N)C(Br)(Br)C=C(c2ccc(N)c(C)c2)C1. The first-order chi connectivity index (χ1) is 8.31. The molecule has 0 fully saturated rings. The second kappa shape index (κ2) is 4.74. The van der Waals surface area contributed by atoms with E-state index in [9.17, 15) is 0 Å². The molecule has 0 amide bonds. The van der Waals surface area contributed by atoms with E-state index in [-0.39, 0.29) is 0 Å². The first-order valence-electron chi connectivity index (χ1n) is 5.73. The van der Waals surface area contributed by atoms with Gasteiger partial charge in [0.25, 0.3) is 0 Å². The molecule has 0 aliphatic heterocycles. The van der Waals surface area contributed by atoms with Crippen LogP contribution in [0, 0.1) is 6.92 Å². The van der Waals surface area contributed by atoms with E-state index in [0.29, 0.717) is 0 Å². The molecule has 1 aliphatic carbocycles. The smallest absolute Gasteiger partial charge is 0.138 e. The molecule has 4 heteroatoms. The Morgan fingerprint density at radius 3 is 2.39 bits per heavy atom. The third-order valence-corrected chi connectivity index (χ3v) is 4.58. The molecule has 0 spiro atoms. The highest BCUT2D eigenvalue weighted by atomic mass is 79.9. The molecule has 0 saturated heterocycles. The van der Waals surface area contributed by atoms with Gasteiger partial charge in [0.2, 0.25) is 0 Å². The second-order valence-electron chi connectivity index (χ2n) is 4.73. The average molecular weight is 372 g/mol. The molecular weight excluding hydrogens is 356 g/mol. The standard InChI is InChI=1S/C14H16Br2N2/c1-8-5-10(3-4-12(8)17)11-6-9(2)13(18)14(15,16)7-11/h3-5,7H,6,17-18H2,1-2H3. The van der Waals surface area contributed by atoms with E-state index in [1.165, 1.54) is 16.7 Å². The van der Waals surface area contributed by atoms with Gasteiger partial charge in [0.15, 0.2) is 0 Å². The Morgan fingerprint density at radius 2 is 1.83 bits per heavy atom. The maximum Gasteiger partial charge on any atom is 0.138 e. The van der Waals surface area contributed by atoms with Crippen molar-refractivity contribution in [3.63, 3.8) is 0 Å². The lowest BCUT2D eigenvalue weighted by Gasteiger charge is -2.27. The molecule has 0 aromatic heterocycles. The summed E-state index contributed by atoms with van der Waals surface area (Å²) in [6, 6.07) is 6.12. The summed E-state index contributed by atoms with van der Waals surface area (Å²) in [5.41, 5.74) is 18.3. The van der Waals surface area contributed by atoms with Gasteiger partial charge in [-0.15, -0.1) is 0 Å². The van der Waals surface area contributed by atoms with Gasteiger partial charge in [0.1, 0.15) is 3.23 Å². The van der Waals surface area contributed by atoms with Crippen molar-refractivity contribution in [2.45, 2.75) is 23.5 Å². The molecule has 1 aliphatic rings. The molecule has 1 aromatic rings. The number of benzene rings is 1. The fraction of sp³-hybridized carbons (Fsp3) is 0.286. The van der Waals surface area contributed by atoms with Crippen molar-refractivity contribution in [3.8, 4) is 0 Å². The highest BCUT2D eigenvalue weighted by molar-refractivity contribution is 9.25. The second-order valence-corrected chi connectivity index (χ2v) is 8.30. The topological polar surface area (TPSA) is 52.0 Å². The zero-order valence-electron chi connectivity index (χ0n) is 10.4. The normalized spacial score (nSPS) is 18.8. The van der Waals surface area contributed by atoms with Crippen molar-refractivity contribution in [2.75, 3.05) is 5.73 Å². The van der Waals surface area contributed by atoms with Crippen LogP contribution in [0.25, 0.3) is 5.57 Å². The van der Waals surface area contributed by atoms with Gasteiger partial charge in [-0.05, 0) is 60.8 Å². The molecule has 4 N–H and O–H groups in total. The van der Waals surface area contributed by atoms with Gasteiger partial charge in [0.05, 0.1) is 0 Å². The first kappa shape index (κ1) is 13.7. The minimum Gasteiger partial charge on any atom is -0.400 e. The molecular formula is C14H16Br2N2. The summed E-state index contributed by atoms with van der Waals surface area (Å²) in [6.45, 7) is 4.08. The van der Waals surface area contributed by atoms with Crippen LogP contribution in [-0.2, 0) is 0 Å². The zero-order valence-corrected chi connectivity index (χ0v) is 13.6. The summed E-state index contributed by atoms with van der Waals surface area (Å²) in [5.74, 6) is 0. The van der Waals surface area contributed by atoms with Crippen molar-refractivity contribution >= 4 is 43.1 Å². The lowest BCUT2D eigenvalue weighted by Crippen LogP contribution is -2.24. The van der Waals surface area contributed by atoms with Crippen molar-refractivity contribution in [1.82, 2.24) is 0 Å². The molecule has 18 heavy (non-hydrogen) atoms. The molecule has 1 aromatic carbocycles. The quantitative estimate of drug-likeness (QED) is 0.577. The van der Waals surface area contributed by atoms with Crippen molar-refractivity contribution in [3.05, 3.63) is 46.7 Å². The first-order valence-corrected chi connectivity index (χ1v) is 7.31. The Bertz CT molecular complexity index is 557. The molecule has 2 nitrogen and oxygen atoms in total. The van der Waals surface area contributed by atoms with Crippen LogP contribution in [0.1, 0.15) is 24.5 Å². The van der Waals surface area contributed by atoms with Gasteiger partial charge in [0, 0.05) is 11.4 Å². The minimum absolute atomic E-state index is 0.438. The summed E-state index contributed by atoms with van der Waals surface area (Å²) in [6.07, 6.45) is 2.98. The summed E-state index contributed by atoms with van der Waals surface area (Å²) >= 11 is 7.20. The van der Waals surface area contributed by atoms with E-state index in [0.717, 1.165) is 23.4 Å². The van der Waals surface area contributed by atoms with Crippen molar-refractivity contribution in [2.24, 2.45) is 5.73 Å². The van der Waals surface area contributed by atoms with Gasteiger partial charge in [-0.1, -0.05) is 37.9 Å². The number of halogens is 2. The van der Waals surface area contributed by atoms with Crippen LogP contribution in [0.5, 0.6) is 0 Å². The molecule has 0 saturated carbocycles. The predicted molar refractivity (Wildman–Crippen MR) is 85.7 cm³/mol. The van der Waals surface area contributed by atoms with Gasteiger partial charge < -0.3 is 11.5 Å². The van der Waals surface area contributed by atoms with Crippen LogP contribution in [0.3, 0.4) is 0 Å². The van der Waals surface area contributed by atoms with Gasteiger partial charge >= 0.3 is 0 Å². The zero-order chi connectivity index (χ0) is 13.5. The highest BCUT2D eigenvalue weighted by Gasteiger charge is 2.30. The van der Waals surface area contributed by atoms with Crippen molar-refractivity contribution < 1.29 is 0 Å². The van der Waals surface area contributed by atoms with E-state index in [1.807, 2.05) is 13.0 Å². The Morgan fingerprint density at radius 1 is 1.17 bits per heavy atom. The number of rotatable bonds is 1. The molecule has 0 heterocycles. The maximum atomic E-state index is 6.07. The van der Waals surface area contributed by atoms with Crippen LogP contribution < -0.4 is 11.5 Å². The summed E-state index contributed by atoms with van der Waals surface area (Å²) in [7, 11) is 0. The Kier molecular flexibility index (Phi) is 3.60.